The summed E-state index contributed by atoms with van der Waals surface area (Å²) in [6.45, 7) is 14.0. The van der Waals surface area contributed by atoms with Crippen molar-refractivity contribution in [1.82, 2.24) is 0 Å². The van der Waals surface area contributed by atoms with Gasteiger partial charge in [-0.15, -0.1) is 0 Å². The van der Waals surface area contributed by atoms with E-state index >= 15 is 0 Å². The Kier molecular flexibility index (Phi) is 8.97. The van der Waals surface area contributed by atoms with E-state index in [1.54, 1.807) is 18.1 Å². The monoisotopic (exact) mass is 328 g/mol. The minimum absolute atomic E-state index is 0.411. The second kappa shape index (κ2) is 10.5. The number of nitrogens with one attached hydrogen (secondary N) is 1. The Morgan fingerprint density at radius 3 is 2.64 bits per heavy atom. The first kappa shape index (κ1) is 18.8. The summed E-state index contributed by atoms with van der Waals surface area (Å²) in [5.41, 5.74) is 1.14. The van der Waals surface area contributed by atoms with Crippen LogP contribution in [0.15, 0.2) is 24.8 Å². The Balaban J connectivity index is 2.60. The zero-order valence-electron chi connectivity index (χ0n) is 14.0. The van der Waals surface area contributed by atoms with E-state index in [0.29, 0.717) is 23.1 Å². The van der Waals surface area contributed by atoms with Crippen molar-refractivity contribution >= 4 is 11.6 Å². The summed E-state index contributed by atoms with van der Waals surface area (Å²) < 4.78 is 10.9. The van der Waals surface area contributed by atoms with Crippen molar-refractivity contribution in [1.29, 1.82) is 0 Å². The number of likely N-dealkylation sites (N-methyl/N-ethyl adjacent to an activating group) is 1. The average molecular weight is 329 g/mol. The average Bonchev–Trinajstić information content (AvgIpc) is 2.53. The number of quaternary nitrogens is 2. The van der Waals surface area contributed by atoms with Gasteiger partial charge in [-0.3, -0.25) is 0 Å². The van der Waals surface area contributed by atoms with E-state index in [1.807, 2.05) is 12.1 Å². The normalized spacial score (nSPS) is 10.8. The summed E-state index contributed by atoms with van der Waals surface area (Å²) in [7, 11) is 1.63. The molecule has 0 fully saturated rings. The van der Waals surface area contributed by atoms with Gasteiger partial charge < -0.3 is 19.7 Å². The Bertz CT molecular complexity index is 462. The summed E-state index contributed by atoms with van der Waals surface area (Å²) in [5.74, 6) is 1.26. The van der Waals surface area contributed by atoms with Gasteiger partial charge in [-0.05, 0) is 26.0 Å². The van der Waals surface area contributed by atoms with Crippen molar-refractivity contribution in [3.8, 4) is 11.5 Å². The molecule has 0 unspecified atom stereocenters. The first-order valence-electron chi connectivity index (χ1n) is 7.91. The number of nitrogens with two attached hydrogens (primary N) is 1. The fourth-order valence-electron chi connectivity index (χ4n) is 2.35. The van der Waals surface area contributed by atoms with Crippen LogP contribution in [0.25, 0.3) is 0 Å². The summed E-state index contributed by atoms with van der Waals surface area (Å²) in [6, 6.07) is 3.94. The Morgan fingerprint density at radius 2 is 2.05 bits per heavy atom. The molecule has 0 bridgehead atoms. The zero-order valence-corrected chi connectivity index (χ0v) is 14.7. The second-order valence-electron chi connectivity index (χ2n) is 5.20. The lowest BCUT2D eigenvalue weighted by Crippen LogP contribution is -3.14. The summed E-state index contributed by atoms with van der Waals surface area (Å²) in [6.07, 6.45) is 1.69. The maximum absolute atomic E-state index is 6.30. The van der Waals surface area contributed by atoms with Crippen molar-refractivity contribution in [3.63, 3.8) is 0 Å². The predicted molar refractivity (Wildman–Crippen MR) is 91.1 cm³/mol. The lowest BCUT2D eigenvalue weighted by Gasteiger charge is -2.15. The molecule has 124 valence electrons. The fourth-order valence-corrected chi connectivity index (χ4v) is 2.64. The van der Waals surface area contributed by atoms with Crippen LogP contribution in [0.1, 0.15) is 19.4 Å². The molecule has 5 heteroatoms. The molecule has 1 rings (SSSR count). The van der Waals surface area contributed by atoms with Crippen molar-refractivity contribution in [2.75, 3.05) is 39.9 Å². The van der Waals surface area contributed by atoms with Crippen molar-refractivity contribution in [3.05, 3.63) is 35.4 Å². The van der Waals surface area contributed by atoms with Gasteiger partial charge in [0, 0.05) is 5.56 Å². The van der Waals surface area contributed by atoms with Crippen molar-refractivity contribution in [2.45, 2.75) is 20.4 Å². The van der Waals surface area contributed by atoms with Crippen molar-refractivity contribution in [2.24, 2.45) is 0 Å². The highest BCUT2D eigenvalue weighted by Crippen LogP contribution is 2.36. The minimum Gasteiger partial charge on any atom is -0.493 e. The van der Waals surface area contributed by atoms with Crippen LogP contribution in [0.2, 0.25) is 5.02 Å². The first-order valence-corrected chi connectivity index (χ1v) is 8.29. The van der Waals surface area contributed by atoms with Crippen LogP contribution >= 0.6 is 11.6 Å². The molecule has 1 aromatic rings. The smallest absolute Gasteiger partial charge is 0.180 e. The summed E-state index contributed by atoms with van der Waals surface area (Å²) >= 11 is 6.30. The Morgan fingerprint density at radius 1 is 1.32 bits per heavy atom. The highest BCUT2D eigenvalue weighted by atomic mass is 35.5. The van der Waals surface area contributed by atoms with Crippen LogP contribution in [-0.2, 0) is 6.54 Å². The van der Waals surface area contributed by atoms with Gasteiger partial charge in [0.15, 0.2) is 11.5 Å². The van der Waals surface area contributed by atoms with Gasteiger partial charge in [0.2, 0.25) is 0 Å². The lowest BCUT2D eigenvalue weighted by molar-refractivity contribution is -0.910. The Hall–Kier alpha value is -1.23. The third kappa shape index (κ3) is 5.87. The van der Waals surface area contributed by atoms with Gasteiger partial charge in [-0.1, -0.05) is 24.3 Å². The van der Waals surface area contributed by atoms with E-state index in [1.165, 1.54) is 19.6 Å². The van der Waals surface area contributed by atoms with E-state index < -0.39 is 0 Å². The molecule has 0 aromatic heterocycles. The van der Waals surface area contributed by atoms with Crippen LogP contribution in [0.5, 0.6) is 11.5 Å². The number of ether oxygens (including phenoxy) is 2. The summed E-state index contributed by atoms with van der Waals surface area (Å²) in [5, 5.41) is 2.89. The molecule has 3 N–H and O–H groups in total. The highest BCUT2D eigenvalue weighted by molar-refractivity contribution is 6.32. The predicted octanol–water partition coefficient (Wildman–Crippen LogP) is 0.902. The van der Waals surface area contributed by atoms with E-state index in [0.717, 1.165) is 18.7 Å². The molecule has 0 atom stereocenters. The minimum atomic E-state index is 0.411. The van der Waals surface area contributed by atoms with Gasteiger partial charge in [-0.2, -0.15) is 0 Å². The molecular weight excluding hydrogens is 300 g/mol. The van der Waals surface area contributed by atoms with Gasteiger partial charge in [0.1, 0.15) is 26.2 Å². The Labute approximate surface area is 139 Å². The molecular formula is C17H29ClN2O2+2. The quantitative estimate of drug-likeness (QED) is 0.468. The number of rotatable bonds is 11. The van der Waals surface area contributed by atoms with E-state index in [-0.39, 0.29) is 0 Å². The molecule has 0 aliphatic carbocycles. The van der Waals surface area contributed by atoms with Crippen LogP contribution < -0.4 is 19.7 Å². The first-order chi connectivity index (χ1) is 10.7. The molecule has 1 aromatic carbocycles. The molecule has 0 aliphatic heterocycles. The van der Waals surface area contributed by atoms with Gasteiger partial charge >= 0.3 is 0 Å². The molecule has 4 nitrogen and oxygen atoms in total. The highest BCUT2D eigenvalue weighted by Gasteiger charge is 2.12. The molecule has 0 radical (unpaired) electrons. The molecule has 0 saturated heterocycles. The fraction of sp³-hybridized carbons (Fsp3) is 0.529. The van der Waals surface area contributed by atoms with Crippen LogP contribution in [-0.4, -0.2) is 39.9 Å². The molecule has 0 heterocycles. The maximum atomic E-state index is 6.30. The van der Waals surface area contributed by atoms with Crippen LogP contribution in [0.4, 0.5) is 0 Å². The molecule has 0 spiro atoms. The number of halogens is 1. The number of methoxy groups -OCH3 is 1. The van der Waals surface area contributed by atoms with Gasteiger partial charge in [0.05, 0.1) is 25.2 Å². The molecule has 0 saturated carbocycles. The summed E-state index contributed by atoms with van der Waals surface area (Å²) in [4.78, 5) is 1.63. The number of benzene rings is 1. The van der Waals surface area contributed by atoms with Crippen LogP contribution in [0, 0.1) is 0 Å². The molecule has 22 heavy (non-hydrogen) atoms. The SMILES string of the molecule is C=CCOc1c(Cl)cc(C[NH2+]CC[NH+](CC)CC)cc1OC. The number of hydrogen-bond acceptors (Lipinski definition) is 2. The van der Waals surface area contributed by atoms with Crippen LogP contribution in [0.3, 0.4) is 0 Å². The van der Waals surface area contributed by atoms with E-state index in [4.69, 9.17) is 21.1 Å². The molecule has 0 aliphatic rings. The third-order valence-corrected chi connectivity index (χ3v) is 4.00. The topological polar surface area (TPSA) is 39.5 Å². The third-order valence-electron chi connectivity index (χ3n) is 3.72. The van der Waals surface area contributed by atoms with Crippen molar-refractivity contribution < 1.29 is 19.7 Å². The van der Waals surface area contributed by atoms with Gasteiger partial charge in [-0.25, -0.2) is 0 Å². The standard InChI is InChI=1S/C17H27ClN2O2/c1-5-10-22-17-15(18)11-14(12-16(17)21-4)13-19-8-9-20(6-2)7-3/h5,11-12,19H,1,6-10,13H2,2-4H3/p+2. The molecule has 0 amide bonds. The largest absolute Gasteiger partial charge is 0.493 e. The van der Waals surface area contributed by atoms with E-state index in [2.05, 4.69) is 25.7 Å². The number of hydrogen-bond donors (Lipinski definition) is 2. The zero-order chi connectivity index (χ0) is 16.4. The lowest BCUT2D eigenvalue weighted by atomic mass is 10.2. The van der Waals surface area contributed by atoms with Gasteiger partial charge in [0.25, 0.3) is 0 Å². The maximum Gasteiger partial charge on any atom is 0.180 e. The van der Waals surface area contributed by atoms with E-state index in [9.17, 15) is 0 Å². The second-order valence-corrected chi connectivity index (χ2v) is 5.60.